The SMILES string of the molecule is Cc1cn([C@@H]2[Se][C@H](CO)[C@@H](O)[C@H]2O)c(=O)[nH]c1=O. The zero-order valence-electron chi connectivity index (χ0n) is 9.61. The number of nitrogens with zero attached hydrogens (tertiary/aromatic N) is 1. The molecule has 0 saturated carbocycles. The van der Waals surface area contributed by atoms with Gasteiger partial charge in [0.05, 0.1) is 0 Å². The van der Waals surface area contributed by atoms with Crippen LogP contribution in [0.2, 0.25) is 4.82 Å². The van der Waals surface area contributed by atoms with E-state index in [9.17, 15) is 19.8 Å². The monoisotopic (exact) mass is 322 g/mol. The van der Waals surface area contributed by atoms with Gasteiger partial charge in [0.1, 0.15) is 0 Å². The molecule has 4 atom stereocenters. The molecule has 2 rings (SSSR count). The first-order valence-electron chi connectivity index (χ1n) is 5.40. The first-order valence-corrected chi connectivity index (χ1v) is 7.38. The number of H-pyrrole nitrogens is 1. The van der Waals surface area contributed by atoms with Crippen molar-refractivity contribution >= 4 is 15.0 Å². The van der Waals surface area contributed by atoms with E-state index in [0.717, 1.165) is 0 Å². The van der Waals surface area contributed by atoms with Crippen molar-refractivity contribution in [2.75, 3.05) is 6.61 Å². The molecule has 1 aliphatic heterocycles. The van der Waals surface area contributed by atoms with Crippen LogP contribution in [0.3, 0.4) is 0 Å². The molecule has 7 nitrogen and oxygen atoms in total. The van der Waals surface area contributed by atoms with Crippen molar-refractivity contribution in [3.63, 3.8) is 0 Å². The molecular formula is C10H14N2O5Se. The summed E-state index contributed by atoms with van der Waals surface area (Å²) in [5, 5.41) is 28.7. The van der Waals surface area contributed by atoms with Crippen LogP contribution in [-0.4, -0.2) is 58.6 Å². The van der Waals surface area contributed by atoms with Gasteiger partial charge in [-0.3, -0.25) is 0 Å². The Morgan fingerprint density at radius 2 is 2.06 bits per heavy atom. The van der Waals surface area contributed by atoms with Crippen LogP contribution in [0.4, 0.5) is 0 Å². The standard InChI is InChI=1S/C10H14N2O5Se/c1-4-2-12(10(17)11-8(4)16)9-7(15)6(14)5(3-13)18-9/h2,5-7,9,13-15H,3H2,1H3,(H,11,16,17)/t5-,6-,7-,9-/m1/s1. The summed E-state index contributed by atoms with van der Waals surface area (Å²) in [5.41, 5.74) is -0.711. The van der Waals surface area contributed by atoms with Crippen molar-refractivity contribution in [3.05, 3.63) is 32.6 Å². The fourth-order valence-corrected chi connectivity index (χ4v) is 4.77. The van der Waals surface area contributed by atoms with Gasteiger partial charge in [-0.1, -0.05) is 0 Å². The van der Waals surface area contributed by atoms with Crippen molar-refractivity contribution < 1.29 is 15.3 Å². The molecule has 1 aromatic heterocycles. The Bertz CT molecular complexity index is 554. The van der Waals surface area contributed by atoms with E-state index in [1.807, 2.05) is 0 Å². The molecule has 0 aliphatic carbocycles. The number of rotatable bonds is 2. The molecule has 100 valence electrons. The van der Waals surface area contributed by atoms with Crippen LogP contribution >= 0.6 is 0 Å². The van der Waals surface area contributed by atoms with Gasteiger partial charge in [-0.25, -0.2) is 0 Å². The Morgan fingerprint density at radius 3 is 2.61 bits per heavy atom. The molecule has 0 unspecified atom stereocenters. The van der Waals surface area contributed by atoms with Gasteiger partial charge < -0.3 is 0 Å². The maximum atomic E-state index is 11.7. The number of hydrogen-bond donors (Lipinski definition) is 4. The zero-order chi connectivity index (χ0) is 13.4. The van der Waals surface area contributed by atoms with Gasteiger partial charge in [-0.05, 0) is 0 Å². The van der Waals surface area contributed by atoms with Crippen molar-refractivity contribution in [1.29, 1.82) is 0 Å². The van der Waals surface area contributed by atoms with Crippen LogP contribution in [0.15, 0.2) is 15.8 Å². The summed E-state index contributed by atoms with van der Waals surface area (Å²) >= 11 is -0.331. The molecule has 0 spiro atoms. The molecule has 0 radical (unpaired) electrons. The first-order chi connectivity index (χ1) is 8.45. The molecule has 1 saturated heterocycles. The Kier molecular flexibility index (Phi) is 3.74. The quantitative estimate of drug-likeness (QED) is 0.452. The van der Waals surface area contributed by atoms with Crippen molar-refractivity contribution in [2.45, 2.75) is 28.9 Å². The van der Waals surface area contributed by atoms with E-state index in [1.165, 1.54) is 10.8 Å². The molecule has 1 fully saturated rings. The van der Waals surface area contributed by atoms with Crippen molar-refractivity contribution in [3.8, 4) is 0 Å². The van der Waals surface area contributed by atoms with E-state index in [1.54, 1.807) is 6.92 Å². The number of aryl methyl sites for hydroxylation is 1. The average Bonchev–Trinajstić information content (AvgIpc) is 2.61. The third-order valence-electron chi connectivity index (χ3n) is 2.94. The van der Waals surface area contributed by atoms with Crippen molar-refractivity contribution in [2.24, 2.45) is 0 Å². The molecule has 1 aliphatic rings. The maximum absolute atomic E-state index is 11.7. The molecule has 1 aromatic rings. The van der Waals surface area contributed by atoms with Crippen LogP contribution in [0, 0.1) is 6.92 Å². The van der Waals surface area contributed by atoms with Gasteiger partial charge in [-0.15, -0.1) is 0 Å². The number of hydrogen-bond acceptors (Lipinski definition) is 5. The summed E-state index contributed by atoms with van der Waals surface area (Å²) in [4.78, 5) is 24.1. The first kappa shape index (κ1) is 13.5. The predicted molar refractivity (Wildman–Crippen MR) is 63.7 cm³/mol. The minimum atomic E-state index is -1.11. The molecule has 8 heteroatoms. The summed E-state index contributed by atoms with van der Waals surface area (Å²) in [6, 6.07) is 0. The van der Waals surface area contributed by atoms with E-state index in [4.69, 9.17) is 5.11 Å². The van der Waals surface area contributed by atoms with E-state index in [-0.39, 0.29) is 21.6 Å². The zero-order valence-corrected chi connectivity index (χ0v) is 11.3. The van der Waals surface area contributed by atoms with E-state index in [0.29, 0.717) is 5.56 Å². The van der Waals surface area contributed by atoms with Crippen molar-refractivity contribution in [1.82, 2.24) is 9.55 Å². The minimum absolute atomic E-state index is 0.230. The second-order valence-corrected chi connectivity index (χ2v) is 7.06. The molecule has 4 N–H and O–H groups in total. The summed E-state index contributed by atoms with van der Waals surface area (Å²) < 4.78 is 1.24. The molecule has 0 amide bonds. The molecular weight excluding hydrogens is 307 g/mol. The van der Waals surface area contributed by atoms with Gasteiger partial charge in [0.2, 0.25) is 0 Å². The van der Waals surface area contributed by atoms with Gasteiger partial charge in [0, 0.05) is 0 Å². The Labute approximate surface area is 108 Å². The normalized spacial score (nSPS) is 31.8. The van der Waals surface area contributed by atoms with E-state index in [2.05, 4.69) is 4.98 Å². The molecule has 18 heavy (non-hydrogen) atoms. The number of aromatic nitrogens is 2. The summed E-state index contributed by atoms with van der Waals surface area (Å²) in [5.74, 6) is 0. The van der Waals surface area contributed by atoms with Crippen LogP contribution < -0.4 is 11.2 Å². The second-order valence-electron chi connectivity index (χ2n) is 4.21. The number of aliphatic hydroxyl groups is 3. The van der Waals surface area contributed by atoms with Gasteiger partial charge in [0.25, 0.3) is 0 Å². The fourth-order valence-electron chi connectivity index (χ4n) is 1.88. The van der Waals surface area contributed by atoms with E-state index < -0.39 is 33.2 Å². The average molecular weight is 321 g/mol. The molecule has 0 bridgehead atoms. The Hall–Kier alpha value is -0.921. The summed E-state index contributed by atoms with van der Waals surface area (Å²) in [6.45, 7) is 1.33. The van der Waals surface area contributed by atoms with E-state index >= 15 is 0 Å². The summed E-state index contributed by atoms with van der Waals surface area (Å²) in [7, 11) is 0. The molecule has 2 heterocycles. The third kappa shape index (κ3) is 2.17. The topological polar surface area (TPSA) is 116 Å². The van der Waals surface area contributed by atoms with Crippen LogP contribution in [0.1, 0.15) is 10.5 Å². The van der Waals surface area contributed by atoms with Gasteiger partial charge in [0.15, 0.2) is 0 Å². The van der Waals surface area contributed by atoms with Crippen LogP contribution in [0.25, 0.3) is 0 Å². The Morgan fingerprint density at radius 1 is 1.39 bits per heavy atom. The summed E-state index contributed by atoms with van der Waals surface area (Å²) in [6.07, 6.45) is -0.771. The van der Waals surface area contributed by atoms with Crippen LogP contribution in [0.5, 0.6) is 0 Å². The predicted octanol–water partition coefficient (Wildman–Crippen LogP) is -2.44. The molecule has 0 aromatic carbocycles. The number of nitrogens with one attached hydrogen (secondary N) is 1. The Balaban J connectivity index is 2.42. The van der Waals surface area contributed by atoms with Gasteiger partial charge >= 0.3 is 108 Å². The third-order valence-corrected chi connectivity index (χ3v) is 6.22. The second kappa shape index (κ2) is 4.99. The fraction of sp³-hybridized carbons (Fsp3) is 0.600. The number of aromatic amines is 1. The van der Waals surface area contributed by atoms with Crippen LogP contribution in [-0.2, 0) is 0 Å². The number of aliphatic hydroxyl groups excluding tert-OH is 3. The van der Waals surface area contributed by atoms with Gasteiger partial charge in [-0.2, -0.15) is 0 Å².